The summed E-state index contributed by atoms with van der Waals surface area (Å²) in [6, 6.07) is 0. The predicted octanol–water partition coefficient (Wildman–Crippen LogP) is 4.56. The molecule has 0 aliphatic heterocycles. The van der Waals surface area contributed by atoms with E-state index in [2.05, 4.69) is 13.8 Å². The van der Waals surface area contributed by atoms with Gasteiger partial charge < -0.3 is 0 Å². The Kier molecular flexibility index (Phi) is 3.33. The molecule has 2 nitrogen and oxygen atoms in total. The normalized spacial score (nSPS) is 51.2. The monoisotopic (exact) mass is 302 g/mol. The van der Waals surface area contributed by atoms with Crippen LogP contribution >= 0.6 is 0 Å². The summed E-state index contributed by atoms with van der Waals surface area (Å²) in [5.41, 5.74) is 0.247. The fourth-order valence-corrected chi connectivity index (χ4v) is 7.20. The van der Waals surface area contributed by atoms with Crippen molar-refractivity contribution in [3.05, 3.63) is 0 Å². The van der Waals surface area contributed by atoms with Crippen LogP contribution in [-0.2, 0) is 9.59 Å². The lowest BCUT2D eigenvalue weighted by Gasteiger charge is -2.59. The van der Waals surface area contributed by atoms with E-state index in [1.165, 1.54) is 25.7 Å². The first-order valence-electron chi connectivity index (χ1n) is 9.59. The van der Waals surface area contributed by atoms with Crippen LogP contribution in [0.1, 0.15) is 78.1 Å². The van der Waals surface area contributed by atoms with E-state index in [-0.39, 0.29) is 11.3 Å². The quantitative estimate of drug-likeness (QED) is 0.711. The van der Waals surface area contributed by atoms with Gasteiger partial charge in [-0.3, -0.25) is 9.59 Å². The maximum atomic E-state index is 13.0. The molecule has 0 aromatic rings. The van der Waals surface area contributed by atoms with E-state index in [1.807, 2.05) is 0 Å². The van der Waals surface area contributed by atoms with Crippen molar-refractivity contribution in [2.75, 3.05) is 0 Å². The van der Waals surface area contributed by atoms with Crippen molar-refractivity contribution in [3.8, 4) is 0 Å². The molecule has 4 saturated carbocycles. The molecule has 4 fully saturated rings. The van der Waals surface area contributed by atoms with Crippen molar-refractivity contribution in [1.82, 2.24) is 0 Å². The lowest BCUT2D eigenvalue weighted by atomic mass is 9.44. The lowest BCUT2D eigenvalue weighted by Crippen LogP contribution is -2.56. The van der Waals surface area contributed by atoms with Crippen LogP contribution in [0.2, 0.25) is 0 Å². The second kappa shape index (κ2) is 4.92. The second-order valence-electron chi connectivity index (χ2n) is 8.87. The number of ketones is 2. The summed E-state index contributed by atoms with van der Waals surface area (Å²) in [5.74, 6) is 2.76. The van der Waals surface area contributed by atoms with Gasteiger partial charge >= 0.3 is 0 Å². The highest BCUT2D eigenvalue weighted by Gasteiger charge is 2.63. The van der Waals surface area contributed by atoms with E-state index in [0.29, 0.717) is 34.7 Å². The van der Waals surface area contributed by atoms with Crippen molar-refractivity contribution in [2.24, 2.45) is 34.5 Å². The first-order chi connectivity index (χ1) is 10.5. The van der Waals surface area contributed by atoms with Gasteiger partial charge in [-0.15, -0.1) is 0 Å². The van der Waals surface area contributed by atoms with E-state index < -0.39 is 0 Å². The van der Waals surface area contributed by atoms with Gasteiger partial charge in [0.2, 0.25) is 0 Å². The van der Waals surface area contributed by atoms with Gasteiger partial charge in [0.05, 0.1) is 0 Å². The van der Waals surface area contributed by atoms with Gasteiger partial charge in [0.1, 0.15) is 11.6 Å². The van der Waals surface area contributed by atoms with Crippen LogP contribution in [0, 0.1) is 34.5 Å². The minimum atomic E-state index is -0.130. The summed E-state index contributed by atoms with van der Waals surface area (Å²) >= 11 is 0. The Morgan fingerprint density at radius 3 is 2.64 bits per heavy atom. The van der Waals surface area contributed by atoms with Crippen molar-refractivity contribution >= 4 is 11.6 Å². The molecule has 4 aliphatic carbocycles. The minimum Gasteiger partial charge on any atom is -0.299 e. The zero-order valence-corrected chi connectivity index (χ0v) is 14.2. The van der Waals surface area contributed by atoms with Crippen LogP contribution in [0.3, 0.4) is 0 Å². The molecule has 0 N–H and O–H groups in total. The summed E-state index contributed by atoms with van der Waals surface area (Å²) in [6.07, 6.45) is 10.9. The van der Waals surface area contributed by atoms with E-state index in [0.717, 1.165) is 38.5 Å². The molecule has 2 heteroatoms. The molecule has 0 spiro atoms. The fraction of sp³-hybridized carbons (Fsp3) is 0.900. The van der Waals surface area contributed by atoms with E-state index >= 15 is 0 Å². The molecule has 6 atom stereocenters. The number of rotatable bonds is 1. The highest BCUT2D eigenvalue weighted by Crippen LogP contribution is 2.65. The largest absolute Gasteiger partial charge is 0.299 e. The summed E-state index contributed by atoms with van der Waals surface area (Å²) in [5, 5.41) is 0. The molecule has 122 valence electrons. The summed E-state index contributed by atoms with van der Waals surface area (Å²) in [6.45, 7) is 4.66. The van der Waals surface area contributed by atoms with Crippen molar-refractivity contribution in [1.29, 1.82) is 0 Å². The average Bonchev–Trinajstić information content (AvgIpc) is 2.86. The zero-order chi connectivity index (χ0) is 15.5. The van der Waals surface area contributed by atoms with Gasteiger partial charge in [-0.2, -0.15) is 0 Å². The smallest absolute Gasteiger partial charge is 0.139 e. The third kappa shape index (κ3) is 1.73. The molecule has 0 aromatic carbocycles. The molecule has 0 aromatic heterocycles. The summed E-state index contributed by atoms with van der Waals surface area (Å²) in [4.78, 5) is 25.6. The SMILES string of the molecule is CC[C@]12CC[C@H]3[C@@H](C(=O)CC4CCCC[C@@]43C)[C@@H]1CCC2=O. The molecule has 22 heavy (non-hydrogen) atoms. The number of hydrogen-bond donors (Lipinski definition) is 0. The molecule has 0 bridgehead atoms. The first-order valence-corrected chi connectivity index (χ1v) is 9.59. The molecule has 4 aliphatic rings. The van der Waals surface area contributed by atoms with Crippen LogP contribution in [0.25, 0.3) is 0 Å². The second-order valence-corrected chi connectivity index (χ2v) is 8.87. The predicted molar refractivity (Wildman–Crippen MR) is 86.4 cm³/mol. The van der Waals surface area contributed by atoms with Crippen LogP contribution in [0.4, 0.5) is 0 Å². The number of hydrogen-bond acceptors (Lipinski definition) is 2. The van der Waals surface area contributed by atoms with Crippen molar-refractivity contribution < 1.29 is 9.59 Å². The minimum absolute atomic E-state index is 0.130. The summed E-state index contributed by atoms with van der Waals surface area (Å²) in [7, 11) is 0. The molecule has 1 unspecified atom stereocenters. The number of Topliss-reactive ketones (excluding diaryl/α,β-unsaturated/α-hetero) is 2. The van der Waals surface area contributed by atoms with Gasteiger partial charge in [-0.1, -0.05) is 26.7 Å². The van der Waals surface area contributed by atoms with Crippen molar-refractivity contribution in [2.45, 2.75) is 78.1 Å². The van der Waals surface area contributed by atoms with E-state index in [4.69, 9.17) is 0 Å². The standard InChI is InChI=1S/C20H30O2/c1-3-20-11-9-14-18(15(20)7-8-17(20)22)16(21)12-13-6-4-5-10-19(13,14)2/h13-15,18H,3-12H2,1-2H3/t13?,14-,15-,18+,19-,20-/m0/s1. The maximum Gasteiger partial charge on any atom is 0.139 e. The maximum absolute atomic E-state index is 13.0. The first kappa shape index (κ1) is 14.9. The Bertz CT molecular complexity index is 510. The molecule has 4 rings (SSSR count). The van der Waals surface area contributed by atoms with Crippen LogP contribution < -0.4 is 0 Å². The van der Waals surface area contributed by atoms with Crippen LogP contribution in [-0.4, -0.2) is 11.6 Å². The topological polar surface area (TPSA) is 34.1 Å². The molecule has 0 radical (unpaired) electrons. The van der Waals surface area contributed by atoms with Gasteiger partial charge in [0.25, 0.3) is 0 Å². The Hall–Kier alpha value is -0.660. The molecular formula is C20H30O2. The number of carbonyl (C=O) groups excluding carboxylic acids is 2. The lowest BCUT2D eigenvalue weighted by molar-refractivity contribution is -0.158. The Morgan fingerprint density at radius 1 is 1.05 bits per heavy atom. The fourth-order valence-electron chi connectivity index (χ4n) is 7.20. The van der Waals surface area contributed by atoms with Gasteiger partial charge in [-0.25, -0.2) is 0 Å². The van der Waals surface area contributed by atoms with E-state index in [1.54, 1.807) is 0 Å². The van der Waals surface area contributed by atoms with E-state index in [9.17, 15) is 9.59 Å². The van der Waals surface area contributed by atoms with Gasteiger partial charge in [-0.05, 0) is 61.7 Å². The summed E-state index contributed by atoms with van der Waals surface area (Å²) < 4.78 is 0. The number of carbonyl (C=O) groups is 2. The molecule has 0 amide bonds. The van der Waals surface area contributed by atoms with Gasteiger partial charge in [0, 0.05) is 24.2 Å². The Labute approximate surface area is 134 Å². The highest BCUT2D eigenvalue weighted by molar-refractivity contribution is 5.90. The average molecular weight is 302 g/mol. The van der Waals surface area contributed by atoms with Crippen molar-refractivity contribution in [3.63, 3.8) is 0 Å². The third-order valence-electron chi connectivity index (χ3n) is 8.46. The van der Waals surface area contributed by atoms with Crippen LogP contribution in [0.5, 0.6) is 0 Å². The zero-order valence-electron chi connectivity index (χ0n) is 14.2. The highest BCUT2D eigenvalue weighted by atomic mass is 16.1. The third-order valence-corrected chi connectivity index (χ3v) is 8.46. The molecule has 0 heterocycles. The molecule has 0 saturated heterocycles. The van der Waals surface area contributed by atoms with Crippen LogP contribution in [0.15, 0.2) is 0 Å². The molecular weight excluding hydrogens is 272 g/mol. The Morgan fingerprint density at radius 2 is 1.86 bits per heavy atom. The Balaban J connectivity index is 1.73. The van der Waals surface area contributed by atoms with Gasteiger partial charge in [0.15, 0.2) is 0 Å². The number of fused-ring (bicyclic) bond motifs is 5.